The number of H-pyrrole nitrogens is 2. The highest BCUT2D eigenvalue weighted by Crippen LogP contribution is 2.08. The molecule has 0 radical (unpaired) electrons. The maximum Gasteiger partial charge on any atom is 0.246 e. The van der Waals surface area contributed by atoms with Gasteiger partial charge in [0, 0.05) is 25.5 Å². The van der Waals surface area contributed by atoms with Crippen LogP contribution >= 0.6 is 0 Å². The zero-order valence-corrected chi connectivity index (χ0v) is 9.49. The summed E-state index contributed by atoms with van der Waals surface area (Å²) in [4.78, 5) is 9.19. The third-order valence-corrected chi connectivity index (χ3v) is 2.46. The fourth-order valence-corrected chi connectivity index (χ4v) is 1.54. The van der Waals surface area contributed by atoms with Gasteiger partial charge in [-0.1, -0.05) is 0 Å². The van der Waals surface area contributed by atoms with Crippen molar-refractivity contribution in [3.05, 3.63) is 23.5 Å². The van der Waals surface area contributed by atoms with Crippen LogP contribution in [0.5, 0.6) is 0 Å². The van der Waals surface area contributed by atoms with Gasteiger partial charge in [-0.2, -0.15) is 4.98 Å². The Kier molecular flexibility index (Phi) is 2.80. The maximum absolute atomic E-state index is 5.47. The first-order chi connectivity index (χ1) is 7.65. The highest BCUT2D eigenvalue weighted by atomic mass is 15.4. The summed E-state index contributed by atoms with van der Waals surface area (Å²) in [5.74, 6) is 0.976. The van der Waals surface area contributed by atoms with Crippen molar-refractivity contribution in [1.82, 2.24) is 20.2 Å². The molecule has 0 aliphatic heterocycles. The Morgan fingerprint density at radius 1 is 1.50 bits per heavy atom. The maximum atomic E-state index is 5.47. The van der Waals surface area contributed by atoms with Gasteiger partial charge in [0.2, 0.25) is 11.9 Å². The van der Waals surface area contributed by atoms with Crippen LogP contribution < -0.4 is 10.6 Å². The topological polar surface area (TPSA) is 86.6 Å². The minimum atomic E-state index is 0.347. The molecule has 0 saturated heterocycles. The van der Waals surface area contributed by atoms with Gasteiger partial charge in [-0.15, -0.1) is 5.10 Å². The first-order valence-electron chi connectivity index (χ1n) is 5.18. The average molecular weight is 220 g/mol. The van der Waals surface area contributed by atoms with Crippen molar-refractivity contribution >= 4 is 11.9 Å². The first-order valence-corrected chi connectivity index (χ1v) is 5.18. The van der Waals surface area contributed by atoms with E-state index in [1.165, 1.54) is 11.3 Å². The molecule has 0 fully saturated rings. The molecule has 4 N–H and O–H groups in total. The van der Waals surface area contributed by atoms with Gasteiger partial charge in [0.05, 0.1) is 0 Å². The Hall–Kier alpha value is -1.98. The minimum Gasteiger partial charge on any atom is -0.368 e. The van der Waals surface area contributed by atoms with E-state index in [0.29, 0.717) is 11.9 Å². The molecule has 2 rings (SSSR count). The number of nitrogens with one attached hydrogen (secondary N) is 2. The smallest absolute Gasteiger partial charge is 0.246 e. The molecule has 86 valence electrons. The van der Waals surface area contributed by atoms with Crippen molar-refractivity contribution < 1.29 is 0 Å². The van der Waals surface area contributed by atoms with E-state index in [2.05, 4.69) is 26.2 Å². The lowest BCUT2D eigenvalue weighted by molar-refractivity contribution is 0.841. The molecular formula is C10H16N6. The van der Waals surface area contributed by atoms with E-state index in [1.807, 2.05) is 25.1 Å². The lowest BCUT2D eigenvalue weighted by Crippen LogP contribution is -2.21. The molecule has 0 amide bonds. The zero-order valence-electron chi connectivity index (χ0n) is 9.49. The fraction of sp³-hybridized carbons (Fsp3) is 0.400. The summed E-state index contributed by atoms with van der Waals surface area (Å²) in [6, 6.07) is 2.14. The number of aryl methyl sites for hydroxylation is 1. The second-order valence-electron chi connectivity index (χ2n) is 3.88. The predicted octanol–water partition coefficient (Wildman–Crippen LogP) is 0.702. The second-order valence-corrected chi connectivity index (χ2v) is 3.88. The van der Waals surface area contributed by atoms with E-state index in [4.69, 9.17) is 5.73 Å². The summed E-state index contributed by atoms with van der Waals surface area (Å²) < 4.78 is 0. The number of aromatic nitrogens is 4. The number of nitrogen functional groups attached to an aromatic ring is 1. The number of likely N-dealkylation sites (N-methyl/N-ethyl adjacent to an activating group) is 1. The first kappa shape index (κ1) is 10.5. The summed E-state index contributed by atoms with van der Waals surface area (Å²) in [5.41, 5.74) is 7.93. The van der Waals surface area contributed by atoms with Crippen LogP contribution in [-0.4, -0.2) is 33.8 Å². The van der Waals surface area contributed by atoms with E-state index in [9.17, 15) is 0 Å². The molecule has 0 bridgehead atoms. The van der Waals surface area contributed by atoms with Crippen LogP contribution in [0.25, 0.3) is 0 Å². The van der Waals surface area contributed by atoms with Gasteiger partial charge in [-0.05, 0) is 25.0 Å². The summed E-state index contributed by atoms with van der Waals surface area (Å²) in [6.45, 7) is 2.90. The fourth-order valence-electron chi connectivity index (χ4n) is 1.54. The Bertz CT molecular complexity index is 457. The van der Waals surface area contributed by atoms with E-state index in [1.54, 1.807) is 0 Å². The molecule has 2 aromatic rings. The number of rotatable bonds is 4. The number of anilines is 2. The minimum absolute atomic E-state index is 0.347. The van der Waals surface area contributed by atoms with Crippen LogP contribution in [0, 0.1) is 6.92 Å². The molecule has 0 aromatic carbocycles. The molecular weight excluding hydrogens is 204 g/mol. The van der Waals surface area contributed by atoms with Crippen molar-refractivity contribution in [2.45, 2.75) is 13.3 Å². The lowest BCUT2D eigenvalue weighted by atomic mass is 10.2. The van der Waals surface area contributed by atoms with Crippen LogP contribution in [0.2, 0.25) is 0 Å². The molecule has 16 heavy (non-hydrogen) atoms. The molecule has 6 nitrogen and oxygen atoms in total. The molecule has 0 aliphatic carbocycles. The van der Waals surface area contributed by atoms with E-state index < -0.39 is 0 Å². The number of nitrogens with zero attached hydrogens (tertiary/aromatic N) is 3. The highest BCUT2D eigenvalue weighted by Gasteiger charge is 2.06. The normalized spacial score (nSPS) is 10.6. The molecule has 2 heterocycles. The SMILES string of the molecule is Cc1cc(CCN(C)c2n[nH]c(N)n2)c[nH]1. The van der Waals surface area contributed by atoms with Gasteiger partial charge < -0.3 is 15.6 Å². The van der Waals surface area contributed by atoms with Crippen LogP contribution in [-0.2, 0) is 6.42 Å². The van der Waals surface area contributed by atoms with Gasteiger partial charge in [-0.25, -0.2) is 5.10 Å². The molecule has 0 saturated carbocycles. The predicted molar refractivity (Wildman–Crippen MR) is 63.3 cm³/mol. The molecule has 6 heteroatoms. The molecule has 0 spiro atoms. The molecule has 0 unspecified atom stereocenters. The van der Waals surface area contributed by atoms with Crippen LogP contribution in [0.1, 0.15) is 11.3 Å². The van der Waals surface area contributed by atoms with Crippen LogP contribution in [0.15, 0.2) is 12.3 Å². The summed E-state index contributed by atoms with van der Waals surface area (Å²) in [5, 5.41) is 6.61. The Balaban J connectivity index is 1.91. The van der Waals surface area contributed by atoms with Crippen molar-refractivity contribution in [2.75, 3.05) is 24.2 Å². The lowest BCUT2D eigenvalue weighted by Gasteiger charge is -2.13. The molecule has 2 aromatic heterocycles. The third-order valence-electron chi connectivity index (χ3n) is 2.46. The van der Waals surface area contributed by atoms with Crippen LogP contribution in [0.4, 0.5) is 11.9 Å². The van der Waals surface area contributed by atoms with E-state index in [-0.39, 0.29) is 0 Å². The Morgan fingerprint density at radius 2 is 2.31 bits per heavy atom. The second kappa shape index (κ2) is 4.26. The van der Waals surface area contributed by atoms with Gasteiger partial charge in [0.15, 0.2) is 0 Å². The Morgan fingerprint density at radius 3 is 2.88 bits per heavy atom. The van der Waals surface area contributed by atoms with Gasteiger partial charge >= 0.3 is 0 Å². The largest absolute Gasteiger partial charge is 0.368 e. The van der Waals surface area contributed by atoms with Crippen molar-refractivity contribution in [1.29, 1.82) is 0 Å². The summed E-state index contributed by atoms with van der Waals surface area (Å²) >= 11 is 0. The monoisotopic (exact) mass is 220 g/mol. The summed E-state index contributed by atoms with van der Waals surface area (Å²) in [6.07, 6.45) is 2.98. The highest BCUT2D eigenvalue weighted by molar-refractivity contribution is 5.33. The number of hydrogen-bond donors (Lipinski definition) is 3. The summed E-state index contributed by atoms with van der Waals surface area (Å²) in [7, 11) is 1.95. The number of nitrogens with two attached hydrogens (primary N) is 1. The Labute approximate surface area is 93.9 Å². The third kappa shape index (κ3) is 2.33. The van der Waals surface area contributed by atoms with Gasteiger partial charge in [0.25, 0.3) is 0 Å². The van der Waals surface area contributed by atoms with E-state index >= 15 is 0 Å². The van der Waals surface area contributed by atoms with Crippen molar-refractivity contribution in [3.8, 4) is 0 Å². The van der Waals surface area contributed by atoms with Crippen LogP contribution in [0.3, 0.4) is 0 Å². The molecule has 0 atom stereocenters. The standard InChI is InChI=1S/C10H16N6/c1-7-5-8(6-12-7)3-4-16(2)10-13-9(11)14-15-10/h5-6,12H,3-4H2,1-2H3,(H3,11,13,14,15). The van der Waals surface area contributed by atoms with Crippen molar-refractivity contribution in [2.24, 2.45) is 0 Å². The zero-order chi connectivity index (χ0) is 11.5. The van der Waals surface area contributed by atoms with Crippen molar-refractivity contribution in [3.63, 3.8) is 0 Å². The van der Waals surface area contributed by atoms with Gasteiger partial charge in [0.1, 0.15) is 0 Å². The number of aromatic amines is 2. The van der Waals surface area contributed by atoms with E-state index in [0.717, 1.165) is 13.0 Å². The van der Waals surface area contributed by atoms with Gasteiger partial charge in [-0.3, -0.25) is 0 Å². The molecule has 0 aliphatic rings. The quantitative estimate of drug-likeness (QED) is 0.708. The average Bonchev–Trinajstić information content (AvgIpc) is 2.84. The number of hydrogen-bond acceptors (Lipinski definition) is 4.